The van der Waals surface area contributed by atoms with Crippen molar-refractivity contribution in [2.24, 2.45) is 0 Å². The molecule has 2 rings (SSSR count). The molecular formula is C10H15N5O2S. The maximum atomic E-state index is 11.4. The van der Waals surface area contributed by atoms with Gasteiger partial charge in [0.15, 0.2) is 5.65 Å². The van der Waals surface area contributed by atoms with E-state index in [2.05, 4.69) is 9.97 Å². The minimum Gasteiger partial charge on any atom is -0.382 e. The fraction of sp³-hybridized carbons (Fsp3) is 0.400. The Kier molecular flexibility index (Phi) is 2.99. The van der Waals surface area contributed by atoms with Crippen molar-refractivity contribution in [2.45, 2.75) is 13.5 Å². The summed E-state index contributed by atoms with van der Waals surface area (Å²) < 4.78 is 25.8. The highest BCUT2D eigenvalue weighted by Gasteiger charge is 2.16. The first-order chi connectivity index (χ1) is 8.27. The van der Waals surface area contributed by atoms with E-state index in [9.17, 15) is 8.42 Å². The van der Waals surface area contributed by atoms with Gasteiger partial charge in [0.1, 0.15) is 5.82 Å². The summed E-state index contributed by atoms with van der Waals surface area (Å²) in [6.07, 6.45) is 4.62. The summed E-state index contributed by atoms with van der Waals surface area (Å²) in [4.78, 5) is 8.47. The number of aromatic nitrogens is 3. The molecule has 0 aliphatic heterocycles. The number of anilines is 1. The Hall–Kier alpha value is -1.67. The second kappa shape index (κ2) is 4.21. The third kappa shape index (κ3) is 2.44. The quantitative estimate of drug-likeness (QED) is 0.847. The number of rotatable bonds is 3. The summed E-state index contributed by atoms with van der Waals surface area (Å²) in [6, 6.07) is 0. The minimum atomic E-state index is -3.25. The van der Waals surface area contributed by atoms with Gasteiger partial charge in [-0.25, -0.2) is 13.4 Å². The second-order valence-electron chi connectivity index (χ2n) is 4.24. The van der Waals surface area contributed by atoms with Crippen molar-refractivity contribution in [3.63, 3.8) is 0 Å². The Bertz CT molecular complexity index is 692. The predicted octanol–water partition coefficient (Wildman–Crippen LogP) is 0.0113. The standard InChI is InChI=1S/C10H15N5O2S/c1-7-4-15-6-9(11)13-10(15)8(12-7)5-14(2)18(3,16)17/h4,6H,5,11H2,1-3H3. The lowest BCUT2D eigenvalue weighted by atomic mass is 10.4. The average Bonchev–Trinajstić information content (AvgIpc) is 2.56. The van der Waals surface area contributed by atoms with Crippen LogP contribution in [-0.2, 0) is 16.6 Å². The van der Waals surface area contributed by atoms with Crippen LogP contribution in [0.25, 0.3) is 5.65 Å². The Morgan fingerprint density at radius 3 is 2.67 bits per heavy atom. The van der Waals surface area contributed by atoms with Crippen LogP contribution in [0.1, 0.15) is 11.4 Å². The molecule has 0 saturated carbocycles. The van der Waals surface area contributed by atoms with Gasteiger partial charge in [-0.2, -0.15) is 4.31 Å². The summed E-state index contributed by atoms with van der Waals surface area (Å²) in [6.45, 7) is 2.00. The molecule has 0 aromatic carbocycles. The van der Waals surface area contributed by atoms with Crippen molar-refractivity contribution in [2.75, 3.05) is 19.0 Å². The van der Waals surface area contributed by atoms with Crippen LogP contribution in [0.15, 0.2) is 12.4 Å². The summed E-state index contributed by atoms with van der Waals surface area (Å²) in [5, 5.41) is 0. The lowest BCUT2D eigenvalue weighted by Crippen LogP contribution is -2.25. The van der Waals surface area contributed by atoms with Crippen LogP contribution in [0, 0.1) is 6.92 Å². The number of nitrogen functional groups attached to an aromatic ring is 1. The minimum absolute atomic E-state index is 0.167. The topological polar surface area (TPSA) is 93.6 Å². The van der Waals surface area contributed by atoms with E-state index < -0.39 is 10.0 Å². The zero-order valence-electron chi connectivity index (χ0n) is 10.5. The third-order valence-corrected chi connectivity index (χ3v) is 3.85. The van der Waals surface area contributed by atoms with Crippen LogP contribution in [0.3, 0.4) is 0 Å². The van der Waals surface area contributed by atoms with E-state index in [1.807, 2.05) is 6.92 Å². The van der Waals surface area contributed by atoms with E-state index in [0.717, 1.165) is 11.9 Å². The molecule has 8 heteroatoms. The summed E-state index contributed by atoms with van der Waals surface area (Å²) >= 11 is 0. The summed E-state index contributed by atoms with van der Waals surface area (Å²) in [5.41, 5.74) is 7.57. The van der Waals surface area contributed by atoms with E-state index >= 15 is 0 Å². The van der Waals surface area contributed by atoms with Crippen molar-refractivity contribution in [3.8, 4) is 0 Å². The molecule has 0 bridgehead atoms. The molecule has 0 aliphatic carbocycles. The SMILES string of the molecule is Cc1cn2cc(N)nc2c(CN(C)S(C)(=O)=O)n1. The highest BCUT2D eigenvalue weighted by Crippen LogP contribution is 2.14. The fourth-order valence-electron chi connectivity index (χ4n) is 1.65. The molecule has 2 aromatic heterocycles. The van der Waals surface area contributed by atoms with Gasteiger partial charge in [-0.3, -0.25) is 4.98 Å². The van der Waals surface area contributed by atoms with E-state index in [4.69, 9.17) is 5.73 Å². The molecule has 7 nitrogen and oxygen atoms in total. The van der Waals surface area contributed by atoms with Crippen LogP contribution in [0.4, 0.5) is 5.82 Å². The van der Waals surface area contributed by atoms with Gasteiger partial charge in [-0.05, 0) is 6.92 Å². The van der Waals surface area contributed by atoms with Gasteiger partial charge in [0.05, 0.1) is 30.4 Å². The first-order valence-electron chi connectivity index (χ1n) is 5.29. The van der Waals surface area contributed by atoms with Crippen molar-refractivity contribution >= 4 is 21.5 Å². The van der Waals surface area contributed by atoms with Gasteiger partial charge in [-0.15, -0.1) is 0 Å². The zero-order chi connectivity index (χ0) is 13.5. The molecule has 18 heavy (non-hydrogen) atoms. The number of fused-ring (bicyclic) bond motifs is 1. The molecule has 2 N–H and O–H groups in total. The molecule has 0 atom stereocenters. The first kappa shape index (κ1) is 12.8. The number of hydrogen-bond donors (Lipinski definition) is 1. The molecular weight excluding hydrogens is 254 g/mol. The molecule has 2 aromatic rings. The average molecular weight is 269 g/mol. The third-order valence-electron chi connectivity index (χ3n) is 2.58. The van der Waals surface area contributed by atoms with Gasteiger partial charge >= 0.3 is 0 Å². The maximum absolute atomic E-state index is 11.4. The normalized spacial score (nSPS) is 12.4. The van der Waals surface area contributed by atoms with Crippen LogP contribution < -0.4 is 5.73 Å². The number of nitrogens with zero attached hydrogens (tertiary/aromatic N) is 4. The Morgan fingerprint density at radius 2 is 2.06 bits per heavy atom. The number of hydrogen-bond acceptors (Lipinski definition) is 5. The van der Waals surface area contributed by atoms with Crippen molar-refractivity contribution < 1.29 is 8.42 Å². The predicted molar refractivity (Wildman–Crippen MR) is 68.4 cm³/mol. The van der Waals surface area contributed by atoms with Gasteiger partial charge in [0.2, 0.25) is 10.0 Å². The highest BCUT2D eigenvalue weighted by atomic mass is 32.2. The van der Waals surface area contributed by atoms with Crippen molar-refractivity contribution in [3.05, 3.63) is 23.8 Å². The van der Waals surface area contributed by atoms with Crippen LogP contribution in [0.2, 0.25) is 0 Å². The molecule has 0 unspecified atom stereocenters. The number of sulfonamides is 1. The van der Waals surface area contributed by atoms with Crippen molar-refractivity contribution in [1.29, 1.82) is 0 Å². The first-order valence-corrected chi connectivity index (χ1v) is 7.14. The molecule has 0 spiro atoms. The van der Waals surface area contributed by atoms with E-state index in [-0.39, 0.29) is 6.54 Å². The van der Waals surface area contributed by atoms with Gasteiger partial charge in [-0.1, -0.05) is 0 Å². The molecule has 98 valence electrons. The second-order valence-corrected chi connectivity index (χ2v) is 6.33. The van der Waals surface area contributed by atoms with Gasteiger partial charge in [0.25, 0.3) is 0 Å². The lowest BCUT2D eigenvalue weighted by Gasteiger charge is -2.14. The number of imidazole rings is 1. The highest BCUT2D eigenvalue weighted by molar-refractivity contribution is 7.88. The zero-order valence-corrected chi connectivity index (χ0v) is 11.3. The molecule has 0 amide bonds. The Labute approximate surface area is 105 Å². The lowest BCUT2D eigenvalue weighted by molar-refractivity contribution is 0.467. The number of nitrogens with two attached hydrogens (primary N) is 1. The smallest absolute Gasteiger partial charge is 0.211 e. The maximum Gasteiger partial charge on any atom is 0.211 e. The molecule has 0 saturated heterocycles. The monoisotopic (exact) mass is 269 g/mol. The van der Waals surface area contributed by atoms with Crippen molar-refractivity contribution in [1.82, 2.24) is 18.7 Å². The van der Waals surface area contributed by atoms with E-state index in [1.165, 1.54) is 11.4 Å². The molecule has 0 fully saturated rings. The van der Waals surface area contributed by atoms with E-state index in [0.29, 0.717) is 17.2 Å². The molecule has 0 aliphatic rings. The molecule has 0 radical (unpaired) electrons. The Balaban J connectivity index is 2.50. The van der Waals surface area contributed by atoms with Gasteiger partial charge in [0, 0.05) is 13.2 Å². The van der Waals surface area contributed by atoms with E-state index in [1.54, 1.807) is 16.8 Å². The van der Waals surface area contributed by atoms with Crippen LogP contribution in [-0.4, -0.2) is 40.4 Å². The Morgan fingerprint density at radius 1 is 1.39 bits per heavy atom. The molecule has 2 heterocycles. The summed E-state index contributed by atoms with van der Waals surface area (Å²) in [5.74, 6) is 0.380. The van der Waals surface area contributed by atoms with Crippen LogP contribution >= 0.6 is 0 Å². The van der Waals surface area contributed by atoms with Gasteiger partial charge < -0.3 is 10.1 Å². The number of aryl methyl sites for hydroxylation is 1. The summed E-state index contributed by atoms with van der Waals surface area (Å²) in [7, 11) is -1.75. The van der Waals surface area contributed by atoms with Crippen LogP contribution in [0.5, 0.6) is 0 Å². The largest absolute Gasteiger partial charge is 0.382 e. The fourth-order valence-corrected chi connectivity index (χ4v) is 2.01.